The number of allylic oxidation sites excluding steroid dienone is 1. The molecular weight excluding hydrogens is 444 g/mol. The number of nitrogens with one attached hydrogen (secondary N) is 2. The van der Waals surface area contributed by atoms with Crippen LogP contribution in [0.1, 0.15) is 37.5 Å². The largest absolute Gasteiger partial charge is 0.354 e. The molecule has 2 aromatic heterocycles. The van der Waals surface area contributed by atoms with Crippen LogP contribution in [-0.2, 0) is 7.05 Å². The third-order valence-corrected chi connectivity index (χ3v) is 6.96. The van der Waals surface area contributed by atoms with Crippen LogP contribution in [0.3, 0.4) is 0 Å². The Morgan fingerprint density at radius 3 is 2.41 bits per heavy atom. The number of piperazine rings is 1. The molecule has 0 spiro atoms. The van der Waals surface area contributed by atoms with Gasteiger partial charge in [-0.2, -0.15) is 5.10 Å². The van der Waals surface area contributed by atoms with Gasteiger partial charge < -0.3 is 15.5 Å². The van der Waals surface area contributed by atoms with Crippen LogP contribution in [-0.4, -0.2) is 57.4 Å². The van der Waals surface area contributed by atoms with Crippen molar-refractivity contribution in [1.29, 1.82) is 0 Å². The molecular formula is C25H38N8S. The van der Waals surface area contributed by atoms with E-state index in [1.165, 1.54) is 18.2 Å². The van der Waals surface area contributed by atoms with Crippen molar-refractivity contribution < 1.29 is 0 Å². The van der Waals surface area contributed by atoms with Crippen LogP contribution in [0, 0.1) is 20.8 Å². The van der Waals surface area contributed by atoms with Crippen LogP contribution in [0.2, 0.25) is 0 Å². The predicted octanol–water partition coefficient (Wildman–Crippen LogP) is 4.81. The molecule has 0 bridgehead atoms. The van der Waals surface area contributed by atoms with Crippen molar-refractivity contribution in [3.05, 3.63) is 58.1 Å². The Bertz CT molecular complexity index is 1060. The maximum atomic E-state index is 4.68. The van der Waals surface area contributed by atoms with E-state index in [1.807, 2.05) is 51.6 Å². The number of aryl methyl sites for hydroxylation is 3. The lowest BCUT2D eigenvalue weighted by Crippen LogP contribution is -2.46. The Hall–Kier alpha value is -2.78. The number of hydrogen-bond donors (Lipinski definition) is 2. The summed E-state index contributed by atoms with van der Waals surface area (Å²) in [7, 11) is 1.94. The van der Waals surface area contributed by atoms with Crippen LogP contribution in [0.25, 0.3) is 0 Å². The van der Waals surface area contributed by atoms with E-state index >= 15 is 0 Å². The second-order valence-corrected chi connectivity index (χ2v) is 9.70. The molecule has 0 aromatic carbocycles. The Labute approximate surface area is 208 Å². The first-order chi connectivity index (χ1) is 16.2. The monoisotopic (exact) mass is 482 g/mol. The van der Waals surface area contributed by atoms with E-state index in [0.29, 0.717) is 0 Å². The first-order valence-corrected chi connectivity index (χ1v) is 12.6. The van der Waals surface area contributed by atoms with Crippen LogP contribution in [0.15, 0.2) is 40.9 Å². The van der Waals surface area contributed by atoms with E-state index in [9.17, 15) is 0 Å². The summed E-state index contributed by atoms with van der Waals surface area (Å²) in [4.78, 5) is 15.1. The third kappa shape index (κ3) is 6.42. The molecule has 34 heavy (non-hydrogen) atoms. The maximum Gasteiger partial charge on any atom is 0.136 e. The van der Waals surface area contributed by atoms with E-state index in [2.05, 4.69) is 55.6 Å². The molecule has 0 saturated carbocycles. The van der Waals surface area contributed by atoms with Crippen molar-refractivity contribution in [2.45, 2.75) is 41.0 Å². The standard InChI is InChI=1S/C25H38N8S/c1-9-11-32-12-14-33(15-13-32)24-16-23(27-20(6)28-24)29-21(7)34-22(10-2)17(3)26-25-18(4)30-31(8)19(25)5/h10,16,26H,3,7,9,11-15H2,1-2,4-6,8H3,(H,27,28,29)/b22-10-. The topological polar surface area (TPSA) is 74.1 Å². The highest BCUT2D eigenvalue weighted by Crippen LogP contribution is 2.32. The molecule has 1 aliphatic rings. The molecule has 3 heterocycles. The molecule has 0 radical (unpaired) electrons. The zero-order valence-electron chi connectivity index (χ0n) is 21.4. The van der Waals surface area contributed by atoms with Gasteiger partial charge in [0.1, 0.15) is 17.5 Å². The van der Waals surface area contributed by atoms with Gasteiger partial charge in [0.05, 0.1) is 22.1 Å². The summed E-state index contributed by atoms with van der Waals surface area (Å²) >= 11 is 1.52. The second kappa shape index (κ2) is 11.6. The minimum absolute atomic E-state index is 0.744. The smallest absolute Gasteiger partial charge is 0.136 e. The predicted molar refractivity (Wildman–Crippen MR) is 145 cm³/mol. The van der Waals surface area contributed by atoms with Gasteiger partial charge in [-0.25, -0.2) is 9.97 Å². The van der Waals surface area contributed by atoms with E-state index < -0.39 is 0 Å². The van der Waals surface area contributed by atoms with Crippen LogP contribution < -0.4 is 15.5 Å². The molecule has 0 atom stereocenters. The summed E-state index contributed by atoms with van der Waals surface area (Å²) in [6.07, 6.45) is 3.22. The van der Waals surface area contributed by atoms with Crippen LogP contribution in [0.5, 0.6) is 0 Å². The van der Waals surface area contributed by atoms with Crippen molar-refractivity contribution in [3.63, 3.8) is 0 Å². The number of thioether (sulfide) groups is 1. The Morgan fingerprint density at radius 2 is 1.82 bits per heavy atom. The van der Waals surface area contributed by atoms with E-state index in [-0.39, 0.29) is 0 Å². The summed E-state index contributed by atoms with van der Waals surface area (Å²) in [5.74, 6) is 2.46. The van der Waals surface area contributed by atoms with Crippen LogP contribution in [0.4, 0.5) is 17.3 Å². The molecule has 2 N–H and O–H groups in total. The fourth-order valence-corrected chi connectivity index (χ4v) is 4.77. The molecule has 1 aliphatic heterocycles. The number of hydrogen-bond acceptors (Lipinski definition) is 8. The van der Waals surface area contributed by atoms with E-state index in [1.54, 1.807) is 0 Å². The molecule has 2 aromatic rings. The van der Waals surface area contributed by atoms with Gasteiger partial charge >= 0.3 is 0 Å². The van der Waals surface area contributed by atoms with Crippen molar-refractivity contribution in [1.82, 2.24) is 24.6 Å². The molecule has 1 fully saturated rings. The average molecular weight is 483 g/mol. The first kappa shape index (κ1) is 25.8. The summed E-state index contributed by atoms with van der Waals surface area (Å²) in [5.41, 5.74) is 3.80. The van der Waals surface area contributed by atoms with Gasteiger partial charge in [-0.3, -0.25) is 9.58 Å². The molecule has 8 nitrogen and oxygen atoms in total. The van der Waals surface area contributed by atoms with Crippen molar-refractivity contribution in [3.8, 4) is 0 Å². The minimum atomic E-state index is 0.744. The Kier molecular flexibility index (Phi) is 8.79. The van der Waals surface area contributed by atoms with Crippen LogP contribution >= 0.6 is 11.8 Å². The highest BCUT2D eigenvalue weighted by molar-refractivity contribution is 8.07. The Balaban J connectivity index is 1.63. The van der Waals surface area contributed by atoms with Gasteiger partial charge in [-0.15, -0.1) is 0 Å². The van der Waals surface area contributed by atoms with Gasteiger partial charge in [0.2, 0.25) is 0 Å². The quantitative estimate of drug-likeness (QED) is 0.467. The summed E-state index contributed by atoms with van der Waals surface area (Å²) < 4.78 is 1.87. The molecule has 0 amide bonds. The third-order valence-electron chi connectivity index (χ3n) is 5.91. The Morgan fingerprint density at radius 1 is 1.12 bits per heavy atom. The lowest BCUT2D eigenvalue weighted by atomic mass is 10.3. The fourth-order valence-electron chi connectivity index (χ4n) is 4.06. The van der Waals surface area contributed by atoms with Gasteiger partial charge in [-0.05, 0) is 40.7 Å². The number of rotatable bonds is 10. The van der Waals surface area contributed by atoms with Crippen molar-refractivity contribution >= 4 is 29.1 Å². The van der Waals surface area contributed by atoms with Gasteiger partial charge in [0, 0.05) is 49.9 Å². The van der Waals surface area contributed by atoms with Gasteiger partial charge in [-0.1, -0.05) is 37.9 Å². The summed E-state index contributed by atoms with van der Waals surface area (Å²) in [6.45, 7) is 23.9. The molecule has 0 aliphatic carbocycles. The number of nitrogens with zero attached hydrogens (tertiary/aromatic N) is 6. The second-order valence-electron chi connectivity index (χ2n) is 8.56. The molecule has 0 unspecified atom stereocenters. The number of aromatic nitrogens is 4. The van der Waals surface area contributed by atoms with Crippen molar-refractivity contribution in [2.24, 2.45) is 7.05 Å². The van der Waals surface area contributed by atoms with Gasteiger partial charge in [0.25, 0.3) is 0 Å². The first-order valence-electron chi connectivity index (χ1n) is 11.8. The average Bonchev–Trinajstić information content (AvgIpc) is 3.03. The zero-order valence-corrected chi connectivity index (χ0v) is 22.2. The fraction of sp³-hybridized carbons (Fsp3) is 0.480. The van der Waals surface area contributed by atoms with Gasteiger partial charge in [0.15, 0.2) is 0 Å². The highest BCUT2D eigenvalue weighted by atomic mass is 32.2. The number of anilines is 3. The van der Waals surface area contributed by atoms with E-state index in [4.69, 9.17) is 0 Å². The van der Waals surface area contributed by atoms with E-state index in [0.717, 1.165) is 82.9 Å². The molecule has 9 heteroatoms. The molecule has 1 saturated heterocycles. The molecule has 3 rings (SSSR count). The summed E-state index contributed by atoms with van der Waals surface area (Å²) in [5, 5.41) is 12.0. The zero-order chi connectivity index (χ0) is 24.8. The lowest BCUT2D eigenvalue weighted by Gasteiger charge is -2.35. The summed E-state index contributed by atoms with van der Waals surface area (Å²) in [6, 6.07) is 2.01. The maximum absolute atomic E-state index is 4.68. The highest BCUT2D eigenvalue weighted by Gasteiger charge is 2.19. The SMILES string of the molecule is C=C(Nc1cc(N2CCN(CCC)CC2)nc(C)n1)S/C(=C\C)C(=C)Nc1c(C)nn(C)c1C. The van der Waals surface area contributed by atoms with Crippen molar-refractivity contribution in [2.75, 3.05) is 48.3 Å². The normalized spacial score (nSPS) is 14.9. The lowest BCUT2D eigenvalue weighted by molar-refractivity contribution is 0.258. The minimum Gasteiger partial charge on any atom is -0.354 e. The molecule has 184 valence electrons.